The van der Waals surface area contributed by atoms with E-state index in [2.05, 4.69) is 11.6 Å². The molecule has 3 aliphatic rings. The van der Waals surface area contributed by atoms with Gasteiger partial charge < -0.3 is 9.80 Å². The fourth-order valence-corrected chi connectivity index (χ4v) is 8.47. The third kappa shape index (κ3) is 6.70. The fraction of sp³-hybridized carbons (Fsp3) is 0.485. The van der Waals surface area contributed by atoms with Crippen LogP contribution in [0.2, 0.25) is 0 Å². The number of hydrogen-bond acceptors (Lipinski definition) is 7. The van der Waals surface area contributed by atoms with Crippen molar-refractivity contribution in [1.82, 2.24) is 24.3 Å². The Labute approximate surface area is 286 Å². The normalized spacial score (nSPS) is 22.1. The van der Waals surface area contributed by atoms with Gasteiger partial charge in [0.1, 0.15) is 11.6 Å². The number of rotatable bonds is 7. The maximum atomic E-state index is 15.3. The molecule has 0 bridgehead atoms. The Kier molecular flexibility index (Phi) is 9.96. The molecule has 3 aromatic rings. The Morgan fingerprint density at radius 2 is 1.66 bits per heavy atom. The van der Waals surface area contributed by atoms with Crippen molar-refractivity contribution < 1.29 is 39.9 Å². The van der Waals surface area contributed by atoms with Crippen molar-refractivity contribution >= 4 is 34.4 Å². The molecule has 0 aliphatic carbocycles. The lowest BCUT2D eigenvalue weighted by Crippen LogP contribution is -2.58. The van der Waals surface area contributed by atoms with Crippen LogP contribution in [0.4, 0.5) is 40.9 Å². The highest BCUT2D eigenvalue weighted by Crippen LogP contribution is 2.50. The number of piperazine rings is 2. The molecule has 3 atom stereocenters. The zero-order valence-corrected chi connectivity index (χ0v) is 27.9. The van der Waals surface area contributed by atoms with Gasteiger partial charge in [0.05, 0.1) is 23.7 Å². The van der Waals surface area contributed by atoms with E-state index in [9.17, 15) is 40.3 Å². The monoisotopic (exact) mass is 730 g/mol. The molecular weight excluding hydrogens is 696 g/mol. The minimum absolute atomic E-state index is 0.0363. The molecule has 2 fully saturated rings. The van der Waals surface area contributed by atoms with Crippen LogP contribution >= 0.6 is 11.8 Å². The highest BCUT2D eigenvalue weighted by Gasteiger charge is 2.41. The number of thioether (sulfide) groups is 1. The number of benzene rings is 2. The second-order valence-electron chi connectivity index (χ2n) is 12.9. The predicted octanol–water partition coefficient (Wildman–Crippen LogP) is 5.64. The van der Waals surface area contributed by atoms with Crippen molar-refractivity contribution in [1.29, 1.82) is 0 Å². The number of anilines is 1. The number of hydrogen-bond donors (Lipinski definition) is 0. The fourth-order valence-electron chi connectivity index (χ4n) is 7.14. The van der Waals surface area contributed by atoms with E-state index in [0.717, 1.165) is 23.9 Å². The summed E-state index contributed by atoms with van der Waals surface area (Å²) in [5, 5.41) is -0.0554. The maximum absolute atomic E-state index is 15.3. The third-order valence-electron chi connectivity index (χ3n) is 9.56. The van der Waals surface area contributed by atoms with Crippen LogP contribution < -0.4 is 10.6 Å². The van der Waals surface area contributed by atoms with Gasteiger partial charge in [0, 0.05) is 91.1 Å². The van der Waals surface area contributed by atoms with Crippen LogP contribution in [0.3, 0.4) is 0 Å². The molecule has 2 aromatic carbocycles. The van der Waals surface area contributed by atoms with Crippen LogP contribution in [0.15, 0.2) is 40.5 Å². The summed E-state index contributed by atoms with van der Waals surface area (Å²) in [5.41, 5.74) is -3.60. The van der Waals surface area contributed by atoms with Crippen LogP contribution in [-0.4, -0.2) is 107 Å². The van der Waals surface area contributed by atoms with E-state index >= 15 is 4.39 Å². The zero-order valence-electron chi connectivity index (χ0n) is 27.1. The van der Waals surface area contributed by atoms with Crippen molar-refractivity contribution in [3.05, 3.63) is 64.4 Å². The molecule has 2 saturated heterocycles. The quantitative estimate of drug-likeness (QED) is 0.177. The lowest BCUT2D eigenvalue weighted by Gasteiger charge is -2.45. The highest BCUT2D eigenvalue weighted by molar-refractivity contribution is 7.99. The minimum atomic E-state index is -5.10. The van der Waals surface area contributed by atoms with Gasteiger partial charge in [-0.25, -0.2) is 26.7 Å². The molecule has 50 heavy (non-hydrogen) atoms. The molecule has 1 aromatic heterocycles. The lowest BCUT2D eigenvalue weighted by molar-refractivity contribution is -0.137. The molecule has 3 aliphatic heterocycles. The van der Waals surface area contributed by atoms with Crippen molar-refractivity contribution in [2.75, 3.05) is 63.0 Å². The second kappa shape index (κ2) is 13.8. The van der Waals surface area contributed by atoms with Gasteiger partial charge in [-0.2, -0.15) is 18.2 Å². The minimum Gasteiger partial charge on any atom is -0.349 e. The van der Waals surface area contributed by atoms with Crippen molar-refractivity contribution in [2.45, 2.75) is 49.5 Å². The Hall–Kier alpha value is -3.70. The van der Waals surface area contributed by atoms with Crippen LogP contribution in [0.1, 0.15) is 25.5 Å². The molecule has 0 N–H and O–H groups in total. The van der Waals surface area contributed by atoms with Crippen molar-refractivity contribution in [3.63, 3.8) is 0 Å². The van der Waals surface area contributed by atoms with Gasteiger partial charge in [-0.1, -0.05) is 6.58 Å². The number of halogens is 8. The molecule has 17 heteroatoms. The first kappa shape index (κ1) is 36.1. The van der Waals surface area contributed by atoms with Crippen molar-refractivity contribution in [3.8, 4) is 11.1 Å². The number of carbonyl (C=O) groups is 1. The zero-order chi connectivity index (χ0) is 36.2. The summed E-state index contributed by atoms with van der Waals surface area (Å²) in [6.45, 7) is 8.68. The van der Waals surface area contributed by atoms with E-state index in [1.54, 1.807) is 28.5 Å². The first-order chi connectivity index (χ1) is 23.6. The molecule has 0 saturated carbocycles. The summed E-state index contributed by atoms with van der Waals surface area (Å²) in [6.07, 6.45) is -6.43. The molecule has 1 amide bonds. The largest absolute Gasteiger partial charge is 0.417 e. The van der Waals surface area contributed by atoms with Gasteiger partial charge >= 0.3 is 11.9 Å². The van der Waals surface area contributed by atoms with Crippen LogP contribution in [0.5, 0.6) is 0 Å². The maximum Gasteiger partial charge on any atom is 0.417 e. The van der Waals surface area contributed by atoms with Crippen LogP contribution in [0, 0.1) is 17.5 Å². The Morgan fingerprint density at radius 1 is 1.00 bits per heavy atom. The average Bonchev–Trinajstić information content (AvgIpc) is 3.05. The first-order valence-electron chi connectivity index (χ1n) is 16.0. The number of amides is 1. The van der Waals surface area contributed by atoms with Gasteiger partial charge in [0.25, 0.3) is 6.43 Å². The molecule has 4 heterocycles. The van der Waals surface area contributed by atoms with E-state index in [1.807, 2.05) is 4.90 Å². The molecule has 0 unspecified atom stereocenters. The Bertz CT molecular complexity index is 1880. The average molecular weight is 731 g/mol. The summed E-state index contributed by atoms with van der Waals surface area (Å²) >= 11 is 0.941. The van der Waals surface area contributed by atoms with Gasteiger partial charge in [0.15, 0.2) is 11.6 Å². The van der Waals surface area contributed by atoms with Gasteiger partial charge in [-0.15, -0.1) is 11.8 Å². The van der Waals surface area contributed by atoms with Crippen LogP contribution in [-0.2, 0) is 11.0 Å². The predicted molar refractivity (Wildman–Crippen MR) is 173 cm³/mol. The number of aromatic nitrogens is 2. The summed E-state index contributed by atoms with van der Waals surface area (Å²) < 4.78 is 116. The van der Waals surface area contributed by atoms with E-state index < -0.39 is 70.6 Å². The molecule has 8 nitrogen and oxygen atoms in total. The van der Waals surface area contributed by atoms with E-state index in [0.29, 0.717) is 32.2 Å². The molecular formula is C33H34F8N6O2S. The van der Waals surface area contributed by atoms with E-state index in [-0.39, 0.29) is 65.5 Å². The Morgan fingerprint density at radius 3 is 2.30 bits per heavy atom. The number of nitrogens with zero attached hydrogens (tertiary/aromatic N) is 6. The molecule has 6 rings (SSSR count). The van der Waals surface area contributed by atoms with Crippen molar-refractivity contribution in [2.24, 2.45) is 0 Å². The number of carbonyl (C=O) groups excluding carboxylic acids is 1. The molecule has 0 spiro atoms. The van der Waals surface area contributed by atoms with Crippen LogP contribution in [0.25, 0.3) is 22.0 Å². The highest BCUT2D eigenvalue weighted by atomic mass is 32.2. The lowest BCUT2D eigenvalue weighted by atomic mass is 9.95. The number of alkyl halides is 5. The summed E-state index contributed by atoms with van der Waals surface area (Å²) in [6, 6.07) is -0.233. The summed E-state index contributed by atoms with van der Waals surface area (Å²) in [4.78, 5) is 37.6. The Balaban J connectivity index is 1.55. The second-order valence-corrected chi connectivity index (χ2v) is 13.9. The first-order valence-corrected chi connectivity index (χ1v) is 17.0. The van der Waals surface area contributed by atoms with Gasteiger partial charge in [-0.3, -0.25) is 19.2 Å². The topological polar surface area (TPSA) is 64.9 Å². The molecule has 0 radical (unpaired) electrons. The third-order valence-corrected chi connectivity index (χ3v) is 10.8. The molecule has 270 valence electrons. The summed E-state index contributed by atoms with van der Waals surface area (Å²) in [5.74, 6) is -4.87. The summed E-state index contributed by atoms with van der Waals surface area (Å²) in [7, 11) is 0. The van der Waals surface area contributed by atoms with E-state index in [1.165, 1.54) is 4.57 Å². The SMILES string of the molecule is C=CC(=O)N1C[C@H](C)N(c2nc(=O)n3c4c(c(-c5cc(F)c(F)cc5F)c(C(F)(F)F)cc24)SC[C@@H]3CN2CCN(CC(F)F)CC2)C[C@H]1C. The van der Waals surface area contributed by atoms with Gasteiger partial charge in [-0.05, 0) is 32.1 Å². The van der Waals surface area contributed by atoms with Gasteiger partial charge in [0.2, 0.25) is 5.91 Å². The smallest absolute Gasteiger partial charge is 0.349 e. The standard InChI is InChI=1S/C33H34F8N6O2S/c1-4-27(48)45-12-18(3)46(13-17(45)2)31-21-9-22(33(39,40)41)28(20-10-24(35)25(36)11-23(20)34)30-29(21)47(32(49)42-31)19(16-50-30)14-43-5-7-44(8-6-43)15-26(37)38/h4,9-11,17-19,26H,1,5-8,12-16H2,2-3H3/t17-,18+,19+/m1/s1. The van der Waals surface area contributed by atoms with E-state index in [4.69, 9.17) is 0 Å².